The molecule has 2 heteroatoms. The first-order chi connectivity index (χ1) is 10.1. The maximum absolute atomic E-state index is 3.85. The summed E-state index contributed by atoms with van der Waals surface area (Å²) in [4.78, 5) is 2.89. The summed E-state index contributed by atoms with van der Waals surface area (Å²) < 4.78 is 0. The highest BCUT2D eigenvalue weighted by atomic mass is 15.3. The molecule has 1 aliphatic carbocycles. The number of rotatable bonds is 9. The van der Waals surface area contributed by atoms with Gasteiger partial charge < -0.3 is 5.32 Å². The minimum absolute atomic E-state index is 0.434. The van der Waals surface area contributed by atoms with Crippen molar-refractivity contribution in [3.05, 3.63) is 0 Å². The lowest BCUT2D eigenvalue weighted by molar-refractivity contribution is 0.0182. The highest BCUT2D eigenvalue weighted by Gasteiger charge is 2.48. The van der Waals surface area contributed by atoms with Gasteiger partial charge in [0.25, 0.3) is 0 Å². The summed E-state index contributed by atoms with van der Waals surface area (Å²) >= 11 is 0. The number of nitrogens with zero attached hydrogens (tertiary/aromatic N) is 1. The summed E-state index contributed by atoms with van der Waals surface area (Å²) in [5, 5.41) is 3.85. The third kappa shape index (κ3) is 4.45. The lowest BCUT2D eigenvalue weighted by Gasteiger charge is -2.50. The molecule has 0 radical (unpaired) electrons. The van der Waals surface area contributed by atoms with E-state index in [0.29, 0.717) is 5.54 Å². The van der Waals surface area contributed by atoms with E-state index in [-0.39, 0.29) is 0 Å². The van der Waals surface area contributed by atoms with E-state index < -0.39 is 0 Å². The number of piperazine rings is 1. The normalized spacial score (nSPS) is 32.3. The van der Waals surface area contributed by atoms with Crippen molar-refractivity contribution < 1.29 is 0 Å². The summed E-state index contributed by atoms with van der Waals surface area (Å²) in [5.41, 5.74) is 0.434. The van der Waals surface area contributed by atoms with Gasteiger partial charge in [-0.15, -0.1) is 0 Å². The number of hydrogen-bond acceptors (Lipinski definition) is 2. The molecule has 124 valence electrons. The van der Waals surface area contributed by atoms with E-state index in [1.54, 1.807) is 0 Å². The summed E-state index contributed by atoms with van der Waals surface area (Å²) in [6.45, 7) is 13.4. The molecule has 3 atom stereocenters. The van der Waals surface area contributed by atoms with E-state index in [0.717, 1.165) is 17.9 Å². The SMILES string of the molecule is CCCCC(CC)CN1CC(CCC)NCC1(C)C1CC1. The smallest absolute Gasteiger partial charge is 0.0334 e. The fraction of sp³-hybridized carbons (Fsp3) is 1.00. The Morgan fingerprint density at radius 2 is 1.95 bits per heavy atom. The molecule has 21 heavy (non-hydrogen) atoms. The van der Waals surface area contributed by atoms with E-state index in [1.807, 2.05) is 0 Å². The lowest BCUT2D eigenvalue weighted by Crippen LogP contribution is -2.65. The van der Waals surface area contributed by atoms with Gasteiger partial charge in [-0.05, 0) is 44.4 Å². The molecule has 0 aromatic rings. The molecular formula is C19H38N2. The monoisotopic (exact) mass is 294 g/mol. The van der Waals surface area contributed by atoms with Crippen LogP contribution in [0.3, 0.4) is 0 Å². The van der Waals surface area contributed by atoms with Crippen molar-refractivity contribution in [2.45, 2.75) is 90.6 Å². The Morgan fingerprint density at radius 1 is 1.19 bits per heavy atom. The molecule has 0 aromatic carbocycles. The molecule has 1 aliphatic heterocycles. The highest BCUT2D eigenvalue weighted by molar-refractivity contribution is 5.05. The fourth-order valence-electron chi connectivity index (χ4n) is 4.16. The topological polar surface area (TPSA) is 15.3 Å². The maximum atomic E-state index is 3.85. The number of nitrogens with one attached hydrogen (secondary N) is 1. The van der Waals surface area contributed by atoms with E-state index in [9.17, 15) is 0 Å². The van der Waals surface area contributed by atoms with Crippen molar-refractivity contribution in [3.8, 4) is 0 Å². The highest BCUT2D eigenvalue weighted by Crippen LogP contribution is 2.44. The third-order valence-corrected chi connectivity index (χ3v) is 6.03. The Bertz CT molecular complexity index is 300. The standard InChI is InChI=1S/C19H38N2/c1-5-8-10-16(7-3)13-21-14-18(9-6-2)20-15-19(21,4)17-11-12-17/h16-18,20H,5-15H2,1-4H3. The van der Waals surface area contributed by atoms with Gasteiger partial charge in [0.05, 0.1) is 0 Å². The molecule has 0 bridgehead atoms. The molecule has 2 aliphatic rings. The van der Waals surface area contributed by atoms with Gasteiger partial charge in [-0.1, -0.05) is 46.5 Å². The van der Waals surface area contributed by atoms with Gasteiger partial charge in [0.2, 0.25) is 0 Å². The molecule has 2 fully saturated rings. The second-order valence-corrected chi connectivity index (χ2v) is 7.82. The zero-order valence-electron chi connectivity index (χ0n) is 15.0. The summed E-state index contributed by atoms with van der Waals surface area (Å²) in [6, 6.07) is 0.727. The molecule has 2 nitrogen and oxygen atoms in total. The van der Waals surface area contributed by atoms with E-state index in [1.165, 1.54) is 71.0 Å². The van der Waals surface area contributed by atoms with Crippen LogP contribution in [0.2, 0.25) is 0 Å². The third-order valence-electron chi connectivity index (χ3n) is 6.03. The van der Waals surface area contributed by atoms with Crippen LogP contribution in [0.15, 0.2) is 0 Å². The first-order valence-corrected chi connectivity index (χ1v) is 9.62. The van der Waals surface area contributed by atoms with Gasteiger partial charge in [0.1, 0.15) is 0 Å². The van der Waals surface area contributed by atoms with Gasteiger partial charge in [0, 0.05) is 31.2 Å². The van der Waals surface area contributed by atoms with Crippen molar-refractivity contribution in [3.63, 3.8) is 0 Å². The summed E-state index contributed by atoms with van der Waals surface area (Å²) in [7, 11) is 0. The van der Waals surface area contributed by atoms with Crippen molar-refractivity contribution in [1.82, 2.24) is 10.2 Å². The Hall–Kier alpha value is -0.0800. The van der Waals surface area contributed by atoms with Crippen molar-refractivity contribution >= 4 is 0 Å². The zero-order valence-corrected chi connectivity index (χ0v) is 15.0. The first kappa shape index (κ1) is 17.3. The van der Waals surface area contributed by atoms with Crippen LogP contribution in [0.25, 0.3) is 0 Å². The molecule has 1 saturated carbocycles. The fourth-order valence-corrected chi connectivity index (χ4v) is 4.16. The minimum Gasteiger partial charge on any atom is -0.311 e. The van der Waals surface area contributed by atoms with E-state index >= 15 is 0 Å². The van der Waals surface area contributed by atoms with Gasteiger partial charge in [0.15, 0.2) is 0 Å². The average molecular weight is 295 g/mol. The van der Waals surface area contributed by atoms with Crippen LogP contribution in [-0.4, -0.2) is 36.1 Å². The Balaban J connectivity index is 1.98. The Kier molecular flexibility index (Phi) is 6.55. The minimum atomic E-state index is 0.434. The largest absolute Gasteiger partial charge is 0.311 e. The average Bonchev–Trinajstić information content (AvgIpc) is 3.32. The van der Waals surface area contributed by atoms with Crippen LogP contribution in [-0.2, 0) is 0 Å². The predicted molar refractivity (Wildman–Crippen MR) is 92.7 cm³/mol. The molecule has 1 N–H and O–H groups in total. The molecule has 3 unspecified atom stereocenters. The van der Waals surface area contributed by atoms with Crippen LogP contribution >= 0.6 is 0 Å². The quantitative estimate of drug-likeness (QED) is 0.676. The van der Waals surface area contributed by atoms with Gasteiger partial charge >= 0.3 is 0 Å². The molecule has 0 amide bonds. The lowest BCUT2D eigenvalue weighted by atomic mass is 9.86. The van der Waals surface area contributed by atoms with E-state index in [4.69, 9.17) is 0 Å². The second-order valence-electron chi connectivity index (χ2n) is 7.82. The van der Waals surface area contributed by atoms with Gasteiger partial charge in [-0.25, -0.2) is 0 Å². The Labute approximate surface area is 133 Å². The van der Waals surface area contributed by atoms with Crippen LogP contribution in [0.5, 0.6) is 0 Å². The predicted octanol–water partition coefficient (Wildman–Crippen LogP) is 4.45. The van der Waals surface area contributed by atoms with Crippen LogP contribution in [0.4, 0.5) is 0 Å². The molecule has 0 spiro atoms. The van der Waals surface area contributed by atoms with Crippen molar-refractivity contribution in [2.24, 2.45) is 11.8 Å². The maximum Gasteiger partial charge on any atom is 0.0334 e. The van der Waals surface area contributed by atoms with Crippen molar-refractivity contribution in [2.75, 3.05) is 19.6 Å². The molecular weight excluding hydrogens is 256 g/mol. The van der Waals surface area contributed by atoms with E-state index in [2.05, 4.69) is 37.9 Å². The van der Waals surface area contributed by atoms with Crippen LogP contribution in [0, 0.1) is 11.8 Å². The van der Waals surface area contributed by atoms with Gasteiger partial charge in [-0.3, -0.25) is 4.90 Å². The summed E-state index contributed by atoms with van der Waals surface area (Å²) in [5.74, 6) is 1.86. The summed E-state index contributed by atoms with van der Waals surface area (Å²) in [6.07, 6.45) is 11.1. The molecule has 1 saturated heterocycles. The Morgan fingerprint density at radius 3 is 2.52 bits per heavy atom. The zero-order chi connectivity index (χ0) is 15.3. The second kappa shape index (κ2) is 7.97. The van der Waals surface area contributed by atoms with Crippen LogP contribution < -0.4 is 5.32 Å². The molecule has 2 rings (SSSR count). The number of hydrogen-bond donors (Lipinski definition) is 1. The first-order valence-electron chi connectivity index (χ1n) is 9.62. The van der Waals surface area contributed by atoms with Gasteiger partial charge in [-0.2, -0.15) is 0 Å². The molecule has 1 heterocycles. The van der Waals surface area contributed by atoms with Crippen molar-refractivity contribution in [1.29, 1.82) is 0 Å². The number of unbranched alkanes of at least 4 members (excludes halogenated alkanes) is 1. The van der Waals surface area contributed by atoms with Crippen LogP contribution in [0.1, 0.15) is 79.1 Å². The molecule has 0 aromatic heterocycles.